The molecule has 0 amide bonds. The van der Waals surface area contributed by atoms with E-state index in [4.69, 9.17) is 15.2 Å². The zero-order valence-electron chi connectivity index (χ0n) is 15.1. The molecule has 0 spiro atoms. The molecule has 4 N–H and O–H groups in total. The largest absolute Gasteiger partial charge is 0.482 e. The van der Waals surface area contributed by atoms with Gasteiger partial charge in [0.1, 0.15) is 23.4 Å². The van der Waals surface area contributed by atoms with Crippen LogP contribution in [0.5, 0.6) is 5.75 Å². The quantitative estimate of drug-likeness (QED) is 0.670. The lowest BCUT2D eigenvalue weighted by molar-refractivity contribution is -0.153. The second-order valence-electron chi connectivity index (χ2n) is 6.74. The molecule has 5 nitrogen and oxygen atoms in total. The van der Waals surface area contributed by atoms with E-state index in [0.717, 1.165) is 0 Å². The lowest BCUT2D eigenvalue weighted by Gasteiger charge is -2.38. The van der Waals surface area contributed by atoms with Gasteiger partial charge in [0.25, 0.3) is 0 Å². The van der Waals surface area contributed by atoms with Gasteiger partial charge in [0, 0.05) is 24.3 Å². The molecular weight excluding hydrogens is 378 g/mol. The Morgan fingerprint density at radius 2 is 2.04 bits per heavy atom. The fourth-order valence-electron chi connectivity index (χ4n) is 3.05. The van der Waals surface area contributed by atoms with Gasteiger partial charge in [-0.2, -0.15) is 13.2 Å². The molecule has 2 aromatic carbocycles. The van der Waals surface area contributed by atoms with Crippen LogP contribution in [0.2, 0.25) is 0 Å². The van der Waals surface area contributed by atoms with E-state index in [1.807, 2.05) is 0 Å². The molecular formula is C19H21F4N3O2. The third kappa shape index (κ3) is 4.92. The third-order valence-electron chi connectivity index (χ3n) is 4.31. The van der Waals surface area contributed by atoms with Crippen LogP contribution in [0.15, 0.2) is 42.5 Å². The van der Waals surface area contributed by atoms with E-state index in [2.05, 4.69) is 10.6 Å². The average Bonchev–Trinajstić information content (AvgIpc) is 2.61. The topological polar surface area (TPSA) is 68.5 Å². The second-order valence-corrected chi connectivity index (χ2v) is 6.74. The Labute approximate surface area is 159 Å². The fourth-order valence-corrected chi connectivity index (χ4v) is 3.05. The number of nitrogens with two attached hydrogens (primary N) is 1. The number of alkyl halides is 3. The van der Waals surface area contributed by atoms with Crippen molar-refractivity contribution in [1.82, 2.24) is 5.32 Å². The molecule has 1 aliphatic heterocycles. The van der Waals surface area contributed by atoms with Crippen molar-refractivity contribution in [3.8, 4) is 5.75 Å². The van der Waals surface area contributed by atoms with Crippen molar-refractivity contribution in [3.63, 3.8) is 0 Å². The second kappa shape index (κ2) is 7.94. The van der Waals surface area contributed by atoms with E-state index in [1.165, 1.54) is 18.2 Å². The Bertz CT molecular complexity index is 831. The summed E-state index contributed by atoms with van der Waals surface area (Å²) in [6.45, 7) is 1.14. The molecule has 3 rings (SSSR count). The Balaban J connectivity index is 1.84. The molecule has 0 aromatic heterocycles. The molecule has 1 fully saturated rings. The number of para-hydroxylation sites is 2. The highest BCUT2D eigenvalue weighted by Gasteiger charge is 2.36. The van der Waals surface area contributed by atoms with Crippen molar-refractivity contribution in [1.29, 1.82) is 0 Å². The van der Waals surface area contributed by atoms with Crippen LogP contribution in [0.4, 0.5) is 28.9 Å². The molecule has 1 saturated heterocycles. The van der Waals surface area contributed by atoms with E-state index in [0.29, 0.717) is 24.5 Å². The first-order valence-electron chi connectivity index (χ1n) is 8.66. The zero-order chi connectivity index (χ0) is 20.4. The van der Waals surface area contributed by atoms with E-state index in [-0.39, 0.29) is 11.3 Å². The predicted molar refractivity (Wildman–Crippen MR) is 97.0 cm³/mol. The van der Waals surface area contributed by atoms with Gasteiger partial charge in [-0.25, -0.2) is 4.39 Å². The number of ether oxygens (including phenoxy) is 2. The van der Waals surface area contributed by atoms with Gasteiger partial charge in [-0.1, -0.05) is 12.1 Å². The summed E-state index contributed by atoms with van der Waals surface area (Å²) in [5.74, 6) is -0.430. The molecule has 0 saturated carbocycles. The van der Waals surface area contributed by atoms with Gasteiger partial charge in [0.05, 0.1) is 5.69 Å². The number of hydrogen-bond donors (Lipinski definition) is 3. The van der Waals surface area contributed by atoms with E-state index in [1.54, 1.807) is 31.2 Å². The van der Waals surface area contributed by atoms with Crippen LogP contribution in [0.1, 0.15) is 12.5 Å². The minimum Gasteiger partial charge on any atom is -0.482 e. The summed E-state index contributed by atoms with van der Waals surface area (Å²) in [5, 5.41) is 6.07. The van der Waals surface area contributed by atoms with E-state index >= 15 is 0 Å². The number of morpholine rings is 1. The van der Waals surface area contributed by atoms with Gasteiger partial charge in [0.15, 0.2) is 6.61 Å². The van der Waals surface area contributed by atoms with Crippen LogP contribution >= 0.6 is 0 Å². The number of rotatable bonds is 5. The Morgan fingerprint density at radius 3 is 2.75 bits per heavy atom. The van der Waals surface area contributed by atoms with E-state index < -0.39 is 30.4 Å². The van der Waals surface area contributed by atoms with Gasteiger partial charge < -0.3 is 25.8 Å². The zero-order valence-corrected chi connectivity index (χ0v) is 15.1. The van der Waals surface area contributed by atoms with E-state index in [9.17, 15) is 17.6 Å². The standard InChI is InChI=1S/C19H21F4N3O2/c1-18(10-25-9-17(24)28-18)13-8-12(6-7-14(13)20)26-15-4-2-3-5-16(15)27-11-19(21,22)23/h2-8,17,25-26H,9-11,24H2,1H3/t17-,18?/m1/s1. The maximum Gasteiger partial charge on any atom is 0.422 e. The van der Waals surface area contributed by atoms with Crippen molar-refractivity contribution in [2.24, 2.45) is 5.73 Å². The van der Waals surface area contributed by atoms with Gasteiger partial charge in [0.2, 0.25) is 0 Å². The van der Waals surface area contributed by atoms with Gasteiger partial charge in [-0.3, -0.25) is 0 Å². The first kappa shape index (κ1) is 20.4. The highest BCUT2D eigenvalue weighted by Crippen LogP contribution is 2.34. The van der Waals surface area contributed by atoms with Crippen LogP contribution in [-0.4, -0.2) is 32.1 Å². The minimum atomic E-state index is -4.45. The maximum absolute atomic E-state index is 14.5. The Morgan fingerprint density at radius 1 is 1.29 bits per heavy atom. The average molecular weight is 399 g/mol. The van der Waals surface area contributed by atoms with Crippen molar-refractivity contribution in [2.75, 3.05) is 25.0 Å². The molecule has 1 aliphatic rings. The smallest absolute Gasteiger partial charge is 0.422 e. The summed E-state index contributed by atoms with van der Waals surface area (Å²) in [4.78, 5) is 0. The summed E-state index contributed by atoms with van der Waals surface area (Å²) in [5.41, 5.74) is 5.93. The lowest BCUT2D eigenvalue weighted by atomic mass is 9.93. The highest BCUT2D eigenvalue weighted by molar-refractivity contribution is 5.66. The number of anilines is 2. The third-order valence-corrected chi connectivity index (χ3v) is 4.31. The van der Waals surface area contributed by atoms with Crippen LogP contribution in [0, 0.1) is 5.82 Å². The molecule has 0 radical (unpaired) electrons. The number of nitrogens with one attached hydrogen (secondary N) is 2. The Hall–Kier alpha value is -2.36. The SMILES string of the molecule is CC1(c2cc(Nc3ccccc3OCC(F)(F)F)ccc2F)CNC[C@H](N)O1. The fraction of sp³-hybridized carbons (Fsp3) is 0.368. The maximum atomic E-state index is 14.5. The van der Waals surface area contributed by atoms with Gasteiger partial charge in [-0.15, -0.1) is 0 Å². The van der Waals surface area contributed by atoms with Crippen LogP contribution in [0.25, 0.3) is 0 Å². The molecule has 1 heterocycles. The first-order valence-corrected chi connectivity index (χ1v) is 8.66. The highest BCUT2D eigenvalue weighted by atomic mass is 19.4. The number of hydrogen-bond acceptors (Lipinski definition) is 5. The Kier molecular flexibility index (Phi) is 5.78. The van der Waals surface area contributed by atoms with Gasteiger partial charge >= 0.3 is 6.18 Å². The molecule has 0 aliphatic carbocycles. The number of benzene rings is 2. The summed E-state index contributed by atoms with van der Waals surface area (Å²) in [6.07, 6.45) is -5.03. The first-order chi connectivity index (χ1) is 13.2. The number of halogens is 4. The summed E-state index contributed by atoms with van der Waals surface area (Å²) in [6, 6.07) is 10.5. The van der Waals surface area contributed by atoms with Gasteiger partial charge in [-0.05, 0) is 37.3 Å². The normalized spacial score (nSPS) is 22.7. The minimum absolute atomic E-state index is 0.0366. The van der Waals surface area contributed by atoms with Crippen molar-refractivity contribution in [2.45, 2.75) is 24.9 Å². The predicted octanol–water partition coefficient (Wildman–Crippen LogP) is 3.63. The molecule has 1 unspecified atom stereocenters. The molecule has 9 heteroatoms. The van der Waals surface area contributed by atoms with Crippen molar-refractivity contribution < 1.29 is 27.0 Å². The molecule has 152 valence electrons. The van der Waals surface area contributed by atoms with Crippen molar-refractivity contribution >= 4 is 11.4 Å². The molecule has 2 atom stereocenters. The van der Waals surface area contributed by atoms with Crippen molar-refractivity contribution in [3.05, 3.63) is 53.8 Å². The van der Waals surface area contributed by atoms with Crippen LogP contribution in [0.3, 0.4) is 0 Å². The summed E-state index contributed by atoms with van der Waals surface area (Å²) >= 11 is 0. The summed E-state index contributed by atoms with van der Waals surface area (Å²) in [7, 11) is 0. The monoisotopic (exact) mass is 399 g/mol. The molecule has 2 aromatic rings. The molecule has 0 bridgehead atoms. The summed E-state index contributed by atoms with van der Waals surface area (Å²) < 4.78 is 62.5. The van der Waals surface area contributed by atoms with Crippen LogP contribution in [-0.2, 0) is 10.3 Å². The lowest BCUT2D eigenvalue weighted by Crippen LogP contribution is -2.53. The van der Waals surface area contributed by atoms with Crippen LogP contribution < -0.4 is 21.1 Å². The molecule has 28 heavy (non-hydrogen) atoms.